The van der Waals surface area contributed by atoms with Crippen molar-refractivity contribution in [3.63, 3.8) is 0 Å². The van der Waals surface area contributed by atoms with Crippen LogP contribution in [0.4, 0.5) is 5.69 Å². The molecule has 0 radical (unpaired) electrons. The van der Waals surface area contributed by atoms with Crippen LogP contribution in [-0.4, -0.2) is 39.2 Å². The maximum absolute atomic E-state index is 12.3. The van der Waals surface area contributed by atoms with Crippen LogP contribution in [0.1, 0.15) is 36.2 Å². The van der Waals surface area contributed by atoms with Crippen LogP contribution in [0.25, 0.3) is 0 Å². The van der Waals surface area contributed by atoms with Crippen LogP contribution in [0.15, 0.2) is 12.3 Å². The lowest BCUT2D eigenvalue weighted by Gasteiger charge is -2.37. The summed E-state index contributed by atoms with van der Waals surface area (Å²) in [6.45, 7) is 0.597. The van der Waals surface area contributed by atoms with E-state index in [2.05, 4.69) is 4.98 Å². The number of H-pyrrole nitrogens is 1. The Morgan fingerprint density at radius 2 is 2.32 bits per heavy atom. The number of aromatic amines is 1. The van der Waals surface area contributed by atoms with Crippen LogP contribution in [0.2, 0.25) is 0 Å². The molecule has 0 aromatic carbocycles. The zero-order valence-electron chi connectivity index (χ0n) is 10.5. The van der Waals surface area contributed by atoms with E-state index >= 15 is 0 Å². The standard InChI is InChI=1S/C12H16ClN3O3/c13-5-2-6-15(9-3-1-4-9)12(17)11-7-10(8-14-11)16(18)19/h7-9,14H,1-6H2. The van der Waals surface area contributed by atoms with Gasteiger partial charge in [0.1, 0.15) is 5.69 Å². The highest BCUT2D eigenvalue weighted by atomic mass is 35.5. The number of amides is 1. The minimum atomic E-state index is -0.514. The first kappa shape index (κ1) is 13.9. The molecule has 1 saturated carbocycles. The van der Waals surface area contributed by atoms with Crippen LogP contribution in [0.5, 0.6) is 0 Å². The van der Waals surface area contributed by atoms with Crippen molar-refractivity contribution in [2.24, 2.45) is 0 Å². The zero-order valence-corrected chi connectivity index (χ0v) is 11.2. The van der Waals surface area contributed by atoms with Gasteiger partial charge < -0.3 is 9.88 Å². The number of hydrogen-bond donors (Lipinski definition) is 1. The van der Waals surface area contributed by atoms with Gasteiger partial charge in [0.25, 0.3) is 11.6 Å². The van der Waals surface area contributed by atoms with Gasteiger partial charge in [0.05, 0.1) is 11.1 Å². The minimum absolute atomic E-state index is 0.0887. The molecular formula is C12H16ClN3O3. The Morgan fingerprint density at radius 1 is 1.58 bits per heavy atom. The molecule has 0 spiro atoms. The average Bonchev–Trinajstić information content (AvgIpc) is 2.80. The number of carbonyl (C=O) groups is 1. The molecule has 7 heteroatoms. The van der Waals surface area contributed by atoms with Gasteiger partial charge in [-0.2, -0.15) is 0 Å². The smallest absolute Gasteiger partial charge is 0.287 e. The second-order valence-electron chi connectivity index (χ2n) is 4.65. The summed E-state index contributed by atoms with van der Waals surface area (Å²) in [6, 6.07) is 1.53. The normalized spacial score (nSPS) is 15.0. The third kappa shape index (κ3) is 3.07. The lowest BCUT2D eigenvalue weighted by molar-refractivity contribution is -0.384. The molecule has 104 valence electrons. The number of nitro groups is 1. The van der Waals surface area contributed by atoms with Crippen LogP contribution in [-0.2, 0) is 0 Å². The van der Waals surface area contributed by atoms with Gasteiger partial charge in [-0.3, -0.25) is 14.9 Å². The molecule has 1 heterocycles. The lowest BCUT2D eigenvalue weighted by atomic mass is 9.91. The van der Waals surface area contributed by atoms with E-state index < -0.39 is 4.92 Å². The summed E-state index contributed by atoms with van der Waals surface area (Å²) in [5.41, 5.74) is 0.183. The topological polar surface area (TPSA) is 79.2 Å². The van der Waals surface area contributed by atoms with Crippen LogP contribution in [0.3, 0.4) is 0 Å². The van der Waals surface area contributed by atoms with E-state index in [9.17, 15) is 14.9 Å². The van der Waals surface area contributed by atoms with Gasteiger partial charge in [-0.15, -0.1) is 11.6 Å². The van der Waals surface area contributed by atoms with Gasteiger partial charge in [-0.25, -0.2) is 0 Å². The number of alkyl halides is 1. The van der Waals surface area contributed by atoms with Crippen molar-refractivity contribution < 1.29 is 9.72 Å². The van der Waals surface area contributed by atoms with E-state index in [0.29, 0.717) is 12.4 Å². The number of hydrogen-bond acceptors (Lipinski definition) is 3. The molecule has 1 aromatic rings. The summed E-state index contributed by atoms with van der Waals surface area (Å²) < 4.78 is 0. The molecule has 1 fully saturated rings. The van der Waals surface area contributed by atoms with E-state index in [1.165, 1.54) is 12.3 Å². The maximum Gasteiger partial charge on any atom is 0.287 e. The average molecular weight is 286 g/mol. The predicted molar refractivity (Wildman–Crippen MR) is 71.5 cm³/mol. The molecule has 0 saturated heterocycles. The summed E-state index contributed by atoms with van der Waals surface area (Å²) in [5.74, 6) is 0.324. The Hall–Kier alpha value is -1.56. The molecule has 1 aromatic heterocycles. The summed E-state index contributed by atoms with van der Waals surface area (Å²) in [4.78, 5) is 26.9. The second kappa shape index (κ2) is 6.06. The zero-order chi connectivity index (χ0) is 13.8. The Morgan fingerprint density at radius 3 is 2.79 bits per heavy atom. The van der Waals surface area contributed by atoms with Crippen LogP contribution in [0, 0.1) is 10.1 Å². The molecule has 19 heavy (non-hydrogen) atoms. The van der Waals surface area contributed by atoms with Crippen molar-refractivity contribution in [1.82, 2.24) is 9.88 Å². The Bertz CT molecular complexity index is 471. The quantitative estimate of drug-likeness (QED) is 0.495. The summed E-state index contributed by atoms with van der Waals surface area (Å²) >= 11 is 5.67. The van der Waals surface area contributed by atoms with Crippen molar-refractivity contribution in [1.29, 1.82) is 0 Å². The summed E-state index contributed by atoms with van der Waals surface area (Å²) in [7, 11) is 0. The van der Waals surface area contributed by atoms with Gasteiger partial charge in [0, 0.05) is 24.5 Å². The minimum Gasteiger partial charge on any atom is -0.351 e. The number of halogens is 1. The van der Waals surface area contributed by atoms with E-state index in [-0.39, 0.29) is 23.3 Å². The van der Waals surface area contributed by atoms with E-state index in [4.69, 9.17) is 11.6 Å². The monoisotopic (exact) mass is 285 g/mol. The highest BCUT2D eigenvalue weighted by Gasteiger charge is 2.30. The van der Waals surface area contributed by atoms with Crippen molar-refractivity contribution in [2.45, 2.75) is 31.7 Å². The van der Waals surface area contributed by atoms with Crippen molar-refractivity contribution in [2.75, 3.05) is 12.4 Å². The predicted octanol–water partition coefficient (Wildman–Crippen LogP) is 2.55. The van der Waals surface area contributed by atoms with E-state index in [1.807, 2.05) is 0 Å². The van der Waals surface area contributed by atoms with Crippen molar-refractivity contribution >= 4 is 23.2 Å². The first-order valence-corrected chi connectivity index (χ1v) is 6.86. The fourth-order valence-electron chi connectivity index (χ4n) is 2.14. The summed E-state index contributed by atoms with van der Waals surface area (Å²) in [6.07, 6.45) is 5.09. The molecule has 1 aliphatic carbocycles. The number of nitrogens with one attached hydrogen (secondary N) is 1. The molecule has 2 rings (SSSR count). The number of aromatic nitrogens is 1. The van der Waals surface area contributed by atoms with Gasteiger partial charge >= 0.3 is 0 Å². The molecule has 1 aliphatic rings. The highest BCUT2D eigenvalue weighted by molar-refractivity contribution is 6.17. The molecule has 0 aliphatic heterocycles. The molecular weight excluding hydrogens is 270 g/mol. The fraction of sp³-hybridized carbons (Fsp3) is 0.583. The maximum atomic E-state index is 12.3. The molecule has 0 bridgehead atoms. The third-order valence-corrected chi connectivity index (χ3v) is 3.69. The van der Waals surface area contributed by atoms with Crippen LogP contribution >= 0.6 is 11.6 Å². The van der Waals surface area contributed by atoms with Crippen molar-refractivity contribution in [3.05, 3.63) is 28.1 Å². The molecule has 6 nitrogen and oxygen atoms in total. The Balaban J connectivity index is 2.10. The van der Waals surface area contributed by atoms with Gasteiger partial charge in [-0.05, 0) is 25.7 Å². The first-order valence-electron chi connectivity index (χ1n) is 6.33. The summed E-state index contributed by atoms with van der Waals surface area (Å²) in [5, 5.41) is 10.6. The molecule has 1 amide bonds. The van der Waals surface area contributed by atoms with Gasteiger partial charge in [-0.1, -0.05) is 0 Å². The van der Waals surface area contributed by atoms with E-state index in [0.717, 1.165) is 25.7 Å². The Kier molecular flexibility index (Phi) is 4.42. The molecule has 1 N–H and O–H groups in total. The number of nitrogens with zero attached hydrogens (tertiary/aromatic N) is 2. The lowest BCUT2D eigenvalue weighted by Crippen LogP contribution is -2.45. The number of rotatable bonds is 6. The highest BCUT2D eigenvalue weighted by Crippen LogP contribution is 2.27. The molecule has 0 atom stereocenters. The Labute approximate surface area is 115 Å². The first-order chi connectivity index (χ1) is 9.13. The molecule has 0 unspecified atom stereocenters. The fourth-order valence-corrected chi connectivity index (χ4v) is 2.26. The van der Waals surface area contributed by atoms with Crippen LogP contribution < -0.4 is 0 Å². The van der Waals surface area contributed by atoms with Gasteiger partial charge in [0.2, 0.25) is 0 Å². The third-order valence-electron chi connectivity index (χ3n) is 3.42. The number of carbonyl (C=O) groups excluding carboxylic acids is 1. The largest absolute Gasteiger partial charge is 0.351 e. The van der Waals surface area contributed by atoms with Gasteiger partial charge in [0.15, 0.2) is 0 Å². The van der Waals surface area contributed by atoms with E-state index in [1.54, 1.807) is 4.90 Å². The SMILES string of the molecule is O=C(c1cc([N+](=O)[O-])c[nH]1)N(CCCCl)C1CCC1. The second-order valence-corrected chi connectivity index (χ2v) is 5.03. The van der Waals surface area contributed by atoms with Crippen molar-refractivity contribution in [3.8, 4) is 0 Å².